The molecule has 4 rings (SSSR count). The molecule has 0 unspecified atom stereocenters. The maximum absolute atomic E-state index is 13.0. The Labute approximate surface area is 274 Å². The molecule has 0 aromatic heterocycles. The lowest BCUT2D eigenvalue weighted by atomic mass is 9.89. The highest BCUT2D eigenvalue weighted by Gasteiger charge is 2.26. The van der Waals surface area contributed by atoms with E-state index in [4.69, 9.17) is 9.47 Å². The molecule has 2 amide bonds. The van der Waals surface area contributed by atoms with Crippen LogP contribution in [0.2, 0.25) is 0 Å². The van der Waals surface area contributed by atoms with Crippen molar-refractivity contribution < 1.29 is 37.5 Å². The summed E-state index contributed by atoms with van der Waals surface area (Å²) in [5.74, 6) is 0.0871. The van der Waals surface area contributed by atoms with Crippen LogP contribution in [0.1, 0.15) is 80.0 Å². The summed E-state index contributed by atoms with van der Waals surface area (Å²) in [5, 5.41) is 21.8. The molecule has 0 spiro atoms. The van der Waals surface area contributed by atoms with Gasteiger partial charge in [-0.2, -0.15) is 0 Å². The number of hydrogen-bond acceptors (Lipinski definition) is 9. The molecular weight excluding hydrogens is 626 g/mol. The van der Waals surface area contributed by atoms with E-state index >= 15 is 0 Å². The van der Waals surface area contributed by atoms with Gasteiger partial charge in [0.15, 0.2) is 0 Å². The fourth-order valence-corrected chi connectivity index (χ4v) is 5.93. The number of aliphatic hydroxyl groups is 1. The molecule has 1 atom stereocenters. The highest BCUT2D eigenvalue weighted by molar-refractivity contribution is 7.89. The standard InChI is InChI=1S/C34H41N3O9S/c1-34(2,3)46-33(40)36(22-31(38)25-9-14-27(15-10-25)37(41)42)19-20-45-28-16-11-23(12-17-28)26-13-18-29(32(39)35-47(4,43)44)30(21-26)24-7-5-6-8-24/h9-18,21,24,31,38H,5-8,19-20,22H2,1-4H3,(H,35,39)/t31-/m0/s1. The Hall–Kier alpha value is -4.49. The van der Waals surface area contributed by atoms with E-state index in [2.05, 4.69) is 4.72 Å². The number of nitro benzene ring substituents is 1. The van der Waals surface area contributed by atoms with Crippen LogP contribution in [0.5, 0.6) is 5.75 Å². The Balaban J connectivity index is 1.44. The summed E-state index contributed by atoms with van der Waals surface area (Å²) in [6, 6.07) is 18.2. The Kier molecular flexibility index (Phi) is 11.2. The van der Waals surface area contributed by atoms with Crippen molar-refractivity contribution in [1.29, 1.82) is 0 Å². The van der Waals surface area contributed by atoms with Crippen LogP contribution in [-0.2, 0) is 14.8 Å². The summed E-state index contributed by atoms with van der Waals surface area (Å²) in [5.41, 5.74) is 2.50. The molecule has 0 saturated heterocycles. The van der Waals surface area contributed by atoms with Crippen LogP contribution in [-0.4, -0.2) is 66.9 Å². The highest BCUT2D eigenvalue weighted by atomic mass is 32.2. The number of nitrogens with zero attached hydrogens (tertiary/aromatic N) is 2. The monoisotopic (exact) mass is 667 g/mol. The fourth-order valence-electron chi connectivity index (χ4n) is 5.48. The third-order valence-electron chi connectivity index (χ3n) is 7.72. The van der Waals surface area contributed by atoms with Crippen molar-refractivity contribution in [3.8, 4) is 16.9 Å². The molecule has 0 radical (unpaired) electrons. The molecule has 252 valence electrons. The van der Waals surface area contributed by atoms with Crippen molar-refractivity contribution in [2.75, 3.05) is 26.0 Å². The van der Waals surface area contributed by atoms with Crippen LogP contribution in [0.4, 0.5) is 10.5 Å². The molecule has 12 nitrogen and oxygen atoms in total. The van der Waals surface area contributed by atoms with Gasteiger partial charge in [-0.1, -0.05) is 37.1 Å². The first kappa shape index (κ1) is 35.4. The molecule has 3 aromatic carbocycles. The minimum atomic E-state index is -3.70. The number of sulfonamides is 1. The van der Waals surface area contributed by atoms with Gasteiger partial charge >= 0.3 is 6.09 Å². The lowest BCUT2D eigenvalue weighted by Gasteiger charge is -2.29. The van der Waals surface area contributed by atoms with Crippen molar-refractivity contribution in [2.24, 2.45) is 0 Å². The van der Waals surface area contributed by atoms with E-state index in [1.807, 2.05) is 18.2 Å². The summed E-state index contributed by atoms with van der Waals surface area (Å²) in [6.45, 7) is 5.30. The molecular formula is C34H41N3O9S. The third-order valence-corrected chi connectivity index (χ3v) is 8.28. The normalized spacial score (nSPS) is 14.3. The quantitative estimate of drug-likeness (QED) is 0.175. The lowest BCUT2D eigenvalue weighted by Crippen LogP contribution is -2.41. The van der Waals surface area contributed by atoms with E-state index in [0.717, 1.165) is 48.6 Å². The second kappa shape index (κ2) is 14.9. The molecule has 1 fully saturated rings. The topological polar surface area (TPSA) is 165 Å². The number of carbonyl (C=O) groups excluding carboxylic acids is 2. The van der Waals surface area contributed by atoms with Crippen LogP contribution in [0.3, 0.4) is 0 Å². The van der Waals surface area contributed by atoms with Gasteiger partial charge in [0, 0.05) is 17.7 Å². The molecule has 1 aliphatic carbocycles. The summed E-state index contributed by atoms with van der Waals surface area (Å²) in [7, 11) is -3.70. The number of non-ortho nitro benzene ring substituents is 1. The van der Waals surface area contributed by atoms with Crippen LogP contribution in [0, 0.1) is 10.1 Å². The Morgan fingerprint density at radius 2 is 1.64 bits per heavy atom. The van der Waals surface area contributed by atoms with Gasteiger partial charge < -0.3 is 19.5 Å². The van der Waals surface area contributed by atoms with E-state index in [9.17, 15) is 33.2 Å². The van der Waals surface area contributed by atoms with Crippen molar-refractivity contribution >= 4 is 27.7 Å². The van der Waals surface area contributed by atoms with Gasteiger partial charge in [-0.3, -0.25) is 14.9 Å². The first-order valence-corrected chi connectivity index (χ1v) is 17.3. The van der Waals surface area contributed by atoms with Crippen molar-refractivity contribution in [1.82, 2.24) is 9.62 Å². The number of carbonyl (C=O) groups is 2. The summed E-state index contributed by atoms with van der Waals surface area (Å²) in [6.07, 6.45) is 3.18. The molecule has 47 heavy (non-hydrogen) atoms. The van der Waals surface area contributed by atoms with E-state index in [1.165, 1.54) is 29.2 Å². The molecule has 0 bridgehead atoms. The fraction of sp³-hybridized carbons (Fsp3) is 0.412. The van der Waals surface area contributed by atoms with Gasteiger partial charge in [-0.25, -0.2) is 17.9 Å². The summed E-state index contributed by atoms with van der Waals surface area (Å²) in [4.78, 5) is 37.5. The second-order valence-corrected chi connectivity index (χ2v) is 14.4. The Morgan fingerprint density at radius 3 is 2.21 bits per heavy atom. The zero-order valence-electron chi connectivity index (χ0n) is 27.0. The number of rotatable bonds is 12. The number of ether oxygens (including phenoxy) is 2. The maximum Gasteiger partial charge on any atom is 0.410 e. The number of nitro groups is 1. The van der Waals surface area contributed by atoms with Crippen molar-refractivity contribution in [3.05, 3.63) is 93.5 Å². The SMILES string of the molecule is CC(C)(C)OC(=O)N(CCOc1ccc(-c2ccc(C(=O)NS(C)(=O)=O)c(C3CCCC3)c2)cc1)C[C@H](O)c1ccc([N+](=O)[O-])cc1. The van der Waals surface area contributed by atoms with Gasteiger partial charge in [0.25, 0.3) is 11.6 Å². The van der Waals surface area contributed by atoms with E-state index < -0.39 is 38.7 Å². The zero-order valence-corrected chi connectivity index (χ0v) is 27.8. The van der Waals surface area contributed by atoms with Gasteiger partial charge in [0.2, 0.25) is 10.0 Å². The number of aliphatic hydroxyl groups excluding tert-OH is 1. The number of benzene rings is 3. The molecule has 0 aliphatic heterocycles. The van der Waals surface area contributed by atoms with Crippen molar-refractivity contribution in [2.45, 2.75) is 64.1 Å². The zero-order chi connectivity index (χ0) is 34.4. The highest BCUT2D eigenvalue weighted by Crippen LogP contribution is 2.38. The smallest absolute Gasteiger partial charge is 0.410 e. The molecule has 0 heterocycles. The van der Waals surface area contributed by atoms with Crippen LogP contribution >= 0.6 is 0 Å². The molecule has 1 saturated carbocycles. The molecule has 3 aromatic rings. The first-order valence-electron chi connectivity index (χ1n) is 15.4. The summed E-state index contributed by atoms with van der Waals surface area (Å²) >= 11 is 0. The average Bonchev–Trinajstić information content (AvgIpc) is 3.54. The largest absolute Gasteiger partial charge is 0.492 e. The van der Waals surface area contributed by atoms with E-state index in [1.54, 1.807) is 45.0 Å². The van der Waals surface area contributed by atoms with Crippen LogP contribution in [0.15, 0.2) is 66.7 Å². The van der Waals surface area contributed by atoms with Crippen LogP contribution in [0.25, 0.3) is 11.1 Å². The average molecular weight is 668 g/mol. The molecule has 2 N–H and O–H groups in total. The van der Waals surface area contributed by atoms with E-state index in [0.29, 0.717) is 16.9 Å². The maximum atomic E-state index is 13.0. The number of nitrogens with one attached hydrogen (secondary N) is 1. The first-order chi connectivity index (χ1) is 22.1. The van der Waals surface area contributed by atoms with Gasteiger partial charge in [-0.15, -0.1) is 0 Å². The predicted octanol–water partition coefficient (Wildman–Crippen LogP) is 5.96. The minimum Gasteiger partial charge on any atom is -0.492 e. The van der Waals surface area contributed by atoms with Gasteiger partial charge in [0.05, 0.1) is 30.4 Å². The molecule has 1 aliphatic rings. The van der Waals surface area contributed by atoms with E-state index in [-0.39, 0.29) is 31.3 Å². The Bertz CT molecular complexity index is 1680. The predicted molar refractivity (Wildman–Crippen MR) is 177 cm³/mol. The second-order valence-electron chi connectivity index (χ2n) is 12.7. The van der Waals surface area contributed by atoms with Gasteiger partial charge in [0.1, 0.15) is 18.0 Å². The summed E-state index contributed by atoms with van der Waals surface area (Å²) < 4.78 is 36.9. The Morgan fingerprint density at radius 1 is 1.02 bits per heavy atom. The lowest BCUT2D eigenvalue weighted by molar-refractivity contribution is -0.384. The van der Waals surface area contributed by atoms with Gasteiger partial charge in [-0.05, 0) is 92.1 Å². The molecule has 13 heteroatoms. The number of amides is 2. The minimum absolute atomic E-state index is 0.0988. The number of hydrogen-bond donors (Lipinski definition) is 2. The van der Waals surface area contributed by atoms with Crippen molar-refractivity contribution in [3.63, 3.8) is 0 Å². The third kappa shape index (κ3) is 10.2. The van der Waals surface area contributed by atoms with Crippen LogP contribution < -0.4 is 9.46 Å².